The van der Waals surface area contributed by atoms with Gasteiger partial charge in [0.15, 0.2) is 0 Å². The number of hydrogen-bond donors (Lipinski definition) is 2. The number of aliphatic hydroxyl groups is 1. The van der Waals surface area contributed by atoms with E-state index in [-0.39, 0.29) is 6.61 Å². The molecule has 0 aliphatic rings. The molecule has 0 bridgehead atoms. The smallest absolute Gasteiger partial charge is 0.0960 e. The predicted octanol–water partition coefficient (Wildman–Crippen LogP) is 2.02. The highest BCUT2D eigenvalue weighted by molar-refractivity contribution is 7.99. The lowest BCUT2D eigenvalue weighted by Gasteiger charge is -2.27. The lowest BCUT2D eigenvalue weighted by molar-refractivity contribution is 0.213. The maximum absolute atomic E-state index is 9.56. The normalized spacial score (nSPS) is 14.1. The molecule has 2 aromatic rings. The van der Waals surface area contributed by atoms with Crippen LogP contribution in [0, 0.1) is 0 Å². The molecule has 2 rings (SSSR count). The van der Waals surface area contributed by atoms with Gasteiger partial charge >= 0.3 is 0 Å². The summed E-state index contributed by atoms with van der Waals surface area (Å²) in [6.45, 7) is -0.0865. The zero-order valence-electron chi connectivity index (χ0n) is 9.99. The van der Waals surface area contributed by atoms with E-state index < -0.39 is 5.54 Å². The number of aromatic nitrogens is 1. The molecule has 0 aliphatic heterocycles. The van der Waals surface area contributed by atoms with E-state index in [1.807, 2.05) is 48.5 Å². The van der Waals surface area contributed by atoms with Crippen molar-refractivity contribution in [1.82, 2.24) is 4.98 Å². The van der Waals surface area contributed by atoms with Crippen molar-refractivity contribution in [3.8, 4) is 0 Å². The first kappa shape index (κ1) is 13.1. The predicted molar refractivity (Wildman–Crippen MR) is 74.4 cm³/mol. The molecular weight excluding hydrogens is 244 g/mol. The Bertz CT molecular complexity index is 478. The number of nitrogens with two attached hydrogens (primary N) is 1. The van der Waals surface area contributed by atoms with Crippen LogP contribution in [-0.4, -0.2) is 22.5 Å². The molecule has 0 fully saturated rings. The van der Waals surface area contributed by atoms with Crippen LogP contribution in [0.15, 0.2) is 59.8 Å². The third-order valence-electron chi connectivity index (χ3n) is 2.75. The van der Waals surface area contributed by atoms with Gasteiger partial charge in [0, 0.05) is 11.9 Å². The van der Waals surface area contributed by atoms with Crippen molar-refractivity contribution >= 4 is 11.8 Å². The van der Waals surface area contributed by atoms with Crippen LogP contribution in [0.2, 0.25) is 0 Å². The molecule has 94 valence electrons. The Balaban J connectivity index is 2.10. The van der Waals surface area contributed by atoms with E-state index in [1.54, 1.807) is 18.0 Å². The number of aliphatic hydroxyl groups excluding tert-OH is 1. The lowest BCUT2D eigenvalue weighted by atomic mass is 9.94. The molecule has 4 heteroatoms. The first-order valence-electron chi connectivity index (χ1n) is 5.74. The van der Waals surface area contributed by atoms with Gasteiger partial charge in [-0.2, -0.15) is 0 Å². The molecule has 0 saturated heterocycles. The monoisotopic (exact) mass is 260 g/mol. The topological polar surface area (TPSA) is 59.1 Å². The Kier molecular flexibility index (Phi) is 4.36. The van der Waals surface area contributed by atoms with Crippen molar-refractivity contribution in [2.75, 3.05) is 12.4 Å². The van der Waals surface area contributed by atoms with Gasteiger partial charge in [-0.15, -0.1) is 11.8 Å². The fraction of sp³-hybridized carbons (Fsp3) is 0.214. The number of thioether (sulfide) groups is 1. The SMILES string of the molecule is NC(CO)(CSc1ccccn1)c1ccccc1. The molecular formula is C14H16N2OS. The molecule has 0 saturated carbocycles. The quantitative estimate of drug-likeness (QED) is 0.808. The average molecular weight is 260 g/mol. The van der Waals surface area contributed by atoms with Crippen molar-refractivity contribution in [3.63, 3.8) is 0 Å². The summed E-state index contributed by atoms with van der Waals surface area (Å²) in [5.41, 5.74) is 6.48. The van der Waals surface area contributed by atoms with Gasteiger partial charge < -0.3 is 10.8 Å². The summed E-state index contributed by atoms with van der Waals surface area (Å²) in [4.78, 5) is 4.24. The summed E-state index contributed by atoms with van der Waals surface area (Å²) < 4.78 is 0. The second-order valence-corrected chi connectivity index (χ2v) is 5.13. The van der Waals surface area contributed by atoms with Crippen molar-refractivity contribution in [3.05, 3.63) is 60.3 Å². The van der Waals surface area contributed by atoms with E-state index in [2.05, 4.69) is 4.98 Å². The molecule has 0 spiro atoms. The number of nitrogens with zero attached hydrogens (tertiary/aromatic N) is 1. The summed E-state index contributed by atoms with van der Waals surface area (Å²) in [6.07, 6.45) is 1.75. The first-order valence-corrected chi connectivity index (χ1v) is 6.72. The molecule has 18 heavy (non-hydrogen) atoms. The second kappa shape index (κ2) is 6.00. The van der Waals surface area contributed by atoms with Gasteiger partial charge in [-0.3, -0.25) is 0 Å². The van der Waals surface area contributed by atoms with Crippen LogP contribution in [0.25, 0.3) is 0 Å². The van der Waals surface area contributed by atoms with E-state index in [1.165, 1.54) is 0 Å². The van der Waals surface area contributed by atoms with E-state index in [0.717, 1.165) is 10.6 Å². The van der Waals surface area contributed by atoms with E-state index in [9.17, 15) is 5.11 Å². The second-order valence-electron chi connectivity index (χ2n) is 4.14. The molecule has 0 radical (unpaired) electrons. The van der Waals surface area contributed by atoms with Gasteiger partial charge in [0.25, 0.3) is 0 Å². The van der Waals surface area contributed by atoms with E-state index in [0.29, 0.717) is 5.75 Å². The zero-order chi connectivity index (χ0) is 12.8. The Morgan fingerprint density at radius 1 is 1.11 bits per heavy atom. The van der Waals surface area contributed by atoms with Gasteiger partial charge in [-0.05, 0) is 17.7 Å². The minimum Gasteiger partial charge on any atom is -0.394 e. The summed E-state index contributed by atoms with van der Waals surface area (Å²) in [7, 11) is 0. The minimum atomic E-state index is -0.733. The molecule has 1 atom stereocenters. The van der Waals surface area contributed by atoms with Crippen LogP contribution in [0.3, 0.4) is 0 Å². The van der Waals surface area contributed by atoms with Crippen molar-refractivity contribution in [2.24, 2.45) is 5.73 Å². The Morgan fingerprint density at radius 3 is 2.44 bits per heavy atom. The Labute approximate surface area is 111 Å². The van der Waals surface area contributed by atoms with Gasteiger partial charge in [0.2, 0.25) is 0 Å². The molecule has 0 amide bonds. The summed E-state index contributed by atoms with van der Waals surface area (Å²) in [6, 6.07) is 15.4. The van der Waals surface area contributed by atoms with Crippen LogP contribution < -0.4 is 5.73 Å². The number of pyridine rings is 1. The zero-order valence-corrected chi connectivity index (χ0v) is 10.8. The van der Waals surface area contributed by atoms with E-state index in [4.69, 9.17) is 5.73 Å². The van der Waals surface area contributed by atoms with Crippen LogP contribution in [-0.2, 0) is 5.54 Å². The van der Waals surface area contributed by atoms with Crippen molar-refractivity contribution in [1.29, 1.82) is 0 Å². The summed E-state index contributed by atoms with van der Waals surface area (Å²) >= 11 is 1.55. The highest BCUT2D eigenvalue weighted by atomic mass is 32.2. The minimum absolute atomic E-state index is 0.0865. The number of benzene rings is 1. The first-order chi connectivity index (χ1) is 8.74. The summed E-state index contributed by atoms with van der Waals surface area (Å²) in [5, 5.41) is 10.5. The largest absolute Gasteiger partial charge is 0.394 e. The molecule has 1 aromatic carbocycles. The fourth-order valence-electron chi connectivity index (χ4n) is 1.63. The Morgan fingerprint density at radius 2 is 1.83 bits per heavy atom. The molecule has 0 aliphatic carbocycles. The molecule has 1 aromatic heterocycles. The van der Waals surface area contributed by atoms with Gasteiger partial charge in [-0.1, -0.05) is 36.4 Å². The van der Waals surface area contributed by atoms with Crippen LogP contribution in [0.1, 0.15) is 5.56 Å². The molecule has 1 unspecified atom stereocenters. The fourth-order valence-corrected chi connectivity index (χ4v) is 2.60. The Hall–Kier alpha value is -1.36. The summed E-state index contributed by atoms with van der Waals surface area (Å²) in [5.74, 6) is 0.588. The third-order valence-corrected chi connectivity index (χ3v) is 3.94. The average Bonchev–Trinajstić information content (AvgIpc) is 2.47. The van der Waals surface area contributed by atoms with Gasteiger partial charge in [0.1, 0.15) is 0 Å². The van der Waals surface area contributed by atoms with Crippen molar-refractivity contribution in [2.45, 2.75) is 10.6 Å². The maximum atomic E-state index is 9.56. The molecule has 3 nitrogen and oxygen atoms in total. The van der Waals surface area contributed by atoms with Crippen molar-refractivity contribution < 1.29 is 5.11 Å². The highest BCUT2D eigenvalue weighted by Crippen LogP contribution is 2.26. The molecule has 1 heterocycles. The standard InChI is InChI=1S/C14H16N2OS/c15-14(10-17,12-6-2-1-3-7-12)11-18-13-8-4-5-9-16-13/h1-9,17H,10-11,15H2. The third kappa shape index (κ3) is 3.10. The molecule has 3 N–H and O–H groups in total. The number of rotatable bonds is 5. The lowest BCUT2D eigenvalue weighted by Crippen LogP contribution is -2.43. The van der Waals surface area contributed by atoms with Crippen LogP contribution in [0.5, 0.6) is 0 Å². The maximum Gasteiger partial charge on any atom is 0.0960 e. The van der Waals surface area contributed by atoms with E-state index >= 15 is 0 Å². The van der Waals surface area contributed by atoms with Gasteiger partial charge in [-0.25, -0.2) is 4.98 Å². The number of hydrogen-bond acceptors (Lipinski definition) is 4. The van der Waals surface area contributed by atoms with Crippen LogP contribution >= 0.6 is 11.8 Å². The highest BCUT2D eigenvalue weighted by Gasteiger charge is 2.26. The van der Waals surface area contributed by atoms with Crippen LogP contribution in [0.4, 0.5) is 0 Å². The van der Waals surface area contributed by atoms with Gasteiger partial charge in [0.05, 0.1) is 17.2 Å².